The molecule has 1 heterocycles. The Bertz CT molecular complexity index is 311. The molecule has 0 aliphatic carbocycles. The number of aryl methyl sites for hydroxylation is 1. The molecular formula is C9H15N3OS. The molecule has 1 aromatic rings. The van der Waals surface area contributed by atoms with Gasteiger partial charge in [0.1, 0.15) is 5.01 Å². The van der Waals surface area contributed by atoms with Crippen molar-refractivity contribution in [3.05, 3.63) is 16.1 Å². The Hall–Kier alpha value is -1.10. The van der Waals surface area contributed by atoms with Gasteiger partial charge in [-0.15, -0.1) is 11.3 Å². The molecule has 0 aliphatic heterocycles. The molecule has 0 radical (unpaired) electrons. The van der Waals surface area contributed by atoms with Crippen LogP contribution >= 0.6 is 11.3 Å². The molecule has 1 rings (SSSR count). The Kier molecular flexibility index (Phi) is 3.88. The number of nitrogens with one attached hydrogen (secondary N) is 1. The molecular weight excluding hydrogens is 198 g/mol. The van der Waals surface area contributed by atoms with E-state index >= 15 is 0 Å². The summed E-state index contributed by atoms with van der Waals surface area (Å²) < 4.78 is 0. The average molecular weight is 213 g/mol. The Balaban J connectivity index is 2.37. The first-order valence-electron chi connectivity index (χ1n) is 4.53. The second-order valence-electron chi connectivity index (χ2n) is 3.06. The second-order valence-corrected chi connectivity index (χ2v) is 4.00. The number of thiazole rings is 1. The van der Waals surface area contributed by atoms with E-state index in [0.29, 0.717) is 13.1 Å². The summed E-state index contributed by atoms with van der Waals surface area (Å²) in [6.45, 7) is 5.11. The Morgan fingerprint density at radius 1 is 1.71 bits per heavy atom. The van der Waals surface area contributed by atoms with Crippen LogP contribution in [0, 0.1) is 6.92 Å². The number of hydrogen-bond donors (Lipinski definition) is 1. The molecule has 0 bridgehead atoms. The lowest BCUT2D eigenvalue weighted by molar-refractivity contribution is 0.210. The largest absolute Gasteiger partial charge is 0.331 e. The molecule has 0 fully saturated rings. The van der Waals surface area contributed by atoms with Gasteiger partial charge in [0.2, 0.25) is 0 Å². The van der Waals surface area contributed by atoms with Gasteiger partial charge < -0.3 is 10.2 Å². The molecule has 1 aromatic heterocycles. The average Bonchev–Trinajstić information content (AvgIpc) is 2.59. The second kappa shape index (κ2) is 4.95. The summed E-state index contributed by atoms with van der Waals surface area (Å²) in [6.07, 6.45) is 0. The summed E-state index contributed by atoms with van der Waals surface area (Å²) in [4.78, 5) is 17.2. The van der Waals surface area contributed by atoms with Crippen LogP contribution in [0.4, 0.5) is 4.79 Å². The zero-order valence-corrected chi connectivity index (χ0v) is 9.52. The smallest absolute Gasteiger partial charge is 0.317 e. The van der Waals surface area contributed by atoms with Crippen LogP contribution in [0.3, 0.4) is 0 Å². The molecule has 5 heteroatoms. The van der Waals surface area contributed by atoms with Crippen molar-refractivity contribution in [2.24, 2.45) is 0 Å². The number of amides is 2. The van der Waals surface area contributed by atoms with Gasteiger partial charge in [-0.25, -0.2) is 9.78 Å². The van der Waals surface area contributed by atoms with E-state index in [-0.39, 0.29) is 6.03 Å². The van der Waals surface area contributed by atoms with Crippen molar-refractivity contribution < 1.29 is 4.79 Å². The third-order valence-electron chi connectivity index (χ3n) is 1.88. The highest BCUT2D eigenvalue weighted by Gasteiger charge is 2.06. The third-order valence-corrected chi connectivity index (χ3v) is 2.85. The van der Waals surface area contributed by atoms with Gasteiger partial charge in [-0.3, -0.25) is 0 Å². The molecule has 0 spiro atoms. The van der Waals surface area contributed by atoms with Gasteiger partial charge in [-0.05, 0) is 13.8 Å². The van der Waals surface area contributed by atoms with Gasteiger partial charge in [0.25, 0.3) is 0 Å². The fraction of sp³-hybridized carbons (Fsp3) is 0.556. The van der Waals surface area contributed by atoms with Crippen LogP contribution in [0.15, 0.2) is 5.38 Å². The molecule has 0 saturated carbocycles. The van der Waals surface area contributed by atoms with Gasteiger partial charge in [0.05, 0.1) is 6.54 Å². The van der Waals surface area contributed by atoms with Gasteiger partial charge in [0.15, 0.2) is 0 Å². The number of nitrogens with zero attached hydrogens (tertiary/aromatic N) is 2. The van der Waals surface area contributed by atoms with Crippen molar-refractivity contribution in [1.82, 2.24) is 15.2 Å². The predicted molar refractivity (Wildman–Crippen MR) is 57.4 cm³/mol. The number of aromatic nitrogens is 1. The fourth-order valence-electron chi connectivity index (χ4n) is 0.914. The quantitative estimate of drug-likeness (QED) is 0.829. The van der Waals surface area contributed by atoms with E-state index in [0.717, 1.165) is 10.7 Å². The van der Waals surface area contributed by atoms with Crippen molar-refractivity contribution in [1.29, 1.82) is 0 Å². The highest BCUT2D eigenvalue weighted by molar-refractivity contribution is 7.09. The van der Waals surface area contributed by atoms with Gasteiger partial charge in [-0.1, -0.05) is 0 Å². The normalized spacial score (nSPS) is 9.93. The van der Waals surface area contributed by atoms with Gasteiger partial charge in [0, 0.05) is 24.7 Å². The van der Waals surface area contributed by atoms with Crippen LogP contribution in [0.25, 0.3) is 0 Å². The van der Waals surface area contributed by atoms with Crippen molar-refractivity contribution in [3.63, 3.8) is 0 Å². The van der Waals surface area contributed by atoms with Crippen LogP contribution in [0.5, 0.6) is 0 Å². The molecule has 0 unspecified atom stereocenters. The highest BCUT2D eigenvalue weighted by Crippen LogP contribution is 2.07. The third kappa shape index (κ3) is 2.99. The zero-order valence-electron chi connectivity index (χ0n) is 8.70. The van der Waals surface area contributed by atoms with Gasteiger partial charge in [-0.2, -0.15) is 0 Å². The number of carbonyl (C=O) groups is 1. The standard InChI is InChI=1S/C9H15N3OS/c1-4-12(3)9(13)10-5-8-11-7(2)6-14-8/h6H,4-5H2,1-3H3,(H,10,13). The minimum absolute atomic E-state index is 0.0552. The van der Waals surface area contributed by atoms with Crippen LogP contribution in [-0.2, 0) is 6.54 Å². The first kappa shape index (κ1) is 11.0. The van der Waals surface area contributed by atoms with E-state index < -0.39 is 0 Å². The number of carbonyl (C=O) groups excluding carboxylic acids is 1. The number of rotatable bonds is 3. The maximum atomic E-state index is 11.3. The molecule has 0 saturated heterocycles. The lowest BCUT2D eigenvalue weighted by atomic mass is 10.5. The summed E-state index contributed by atoms with van der Waals surface area (Å²) in [5.74, 6) is 0. The molecule has 0 atom stereocenters. The van der Waals surface area contributed by atoms with E-state index in [4.69, 9.17) is 0 Å². The molecule has 78 valence electrons. The molecule has 4 nitrogen and oxygen atoms in total. The van der Waals surface area contributed by atoms with E-state index in [1.807, 2.05) is 19.2 Å². The van der Waals surface area contributed by atoms with Crippen LogP contribution in [0.1, 0.15) is 17.6 Å². The van der Waals surface area contributed by atoms with E-state index in [1.54, 1.807) is 23.3 Å². The molecule has 0 aliphatic rings. The Morgan fingerprint density at radius 3 is 2.93 bits per heavy atom. The lowest BCUT2D eigenvalue weighted by Crippen LogP contribution is -2.36. The topological polar surface area (TPSA) is 45.2 Å². The number of hydrogen-bond acceptors (Lipinski definition) is 3. The minimum Gasteiger partial charge on any atom is -0.331 e. The highest BCUT2D eigenvalue weighted by atomic mass is 32.1. The summed E-state index contributed by atoms with van der Waals surface area (Å²) >= 11 is 1.57. The molecule has 1 N–H and O–H groups in total. The van der Waals surface area contributed by atoms with Crippen LogP contribution in [-0.4, -0.2) is 29.5 Å². The van der Waals surface area contributed by atoms with Crippen molar-refractivity contribution in [2.45, 2.75) is 20.4 Å². The summed E-state index contributed by atoms with van der Waals surface area (Å²) in [6, 6.07) is -0.0552. The fourth-order valence-corrected chi connectivity index (χ4v) is 1.63. The monoisotopic (exact) mass is 213 g/mol. The summed E-state index contributed by atoms with van der Waals surface area (Å²) in [7, 11) is 1.77. The predicted octanol–water partition coefficient (Wildman–Crippen LogP) is 1.61. The van der Waals surface area contributed by atoms with Crippen LogP contribution < -0.4 is 5.32 Å². The SMILES string of the molecule is CCN(C)C(=O)NCc1nc(C)cs1. The first-order chi connectivity index (χ1) is 6.63. The maximum absolute atomic E-state index is 11.3. The van der Waals surface area contributed by atoms with Crippen molar-refractivity contribution >= 4 is 17.4 Å². The maximum Gasteiger partial charge on any atom is 0.317 e. The van der Waals surface area contributed by atoms with Gasteiger partial charge >= 0.3 is 6.03 Å². The molecule has 14 heavy (non-hydrogen) atoms. The van der Waals surface area contributed by atoms with Crippen molar-refractivity contribution in [2.75, 3.05) is 13.6 Å². The Morgan fingerprint density at radius 2 is 2.43 bits per heavy atom. The first-order valence-corrected chi connectivity index (χ1v) is 5.41. The summed E-state index contributed by atoms with van der Waals surface area (Å²) in [5.41, 5.74) is 1.00. The van der Waals surface area contributed by atoms with E-state index in [2.05, 4.69) is 10.3 Å². The van der Waals surface area contributed by atoms with Crippen LogP contribution in [0.2, 0.25) is 0 Å². The van der Waals surface area contributed by atoms with E-state index in [1.165, 1.54) is 0 Å². The van der Waals surface area contributed by atoms with Crippen molar-refractivity contribution in [3.8, 4) is 0 Å². The van der Waals surface area contributed by atoms with E-state index in [9.17, 15) is 4.79 Å². The molecule has 0 aromatic carbocycles. The summed E-state index contributed by atoms with van der Waals surface area (Å²) in [5, 5.41) is 5.72. The minimum atomic E-state index is -0.0552. The number of urea groups is 1. The zero-order chi connectivity index (χ0) is 10.6. The molecule has 2 amide bonds. The Labute approximate surface area is 88.0 Å². The lowest BCUT2D eigenvalue weighted by Gasteiger charge is -2.14.